The van der Waals surface area contributed by atoms with E-state index < -0.39 is 0 Å². The van der Waals surface area contributed by atoms with E-state index in [-0.39, 0.29) is 17.7 Å². The highest BCUT2D eigenvalue weighted by Crippen LogP contribution is 2.32. The molecule has 0 unspecified atom stereocenters. The van der Waals surface area contributed by atoms with Gasteiger partial charge < -0.3 is 9.72 Å². The molecule has 0 aliphatic carbocycles. The highest BCUT2D eigenvalue weighted by atomic mass is 16.5. The molecule has 3 aliphatic rings. The molecular formula is C25H33N7O2. The molecule has 3 aromatic rings. The Balaban J connectivity index is 1.45. The fourth-order valence-corrected chi connectivity index (χ4v) is 6.16. The predicted octanol–water partition coefficient (Wildman–Crippen LogP) is 2.18. The zero-order chi connectivity index (χ0) is 23.2. The van der Waals surface area contributed by atoms with Crippen molar-refractivity contribution in [2.45, 2.75) is 64.3 Å². The molecule has 0 radical (unpaired) electrons. The maximum absolute atomic E-state index is 13.5. The van der Waals surface area contributed by atoms with Gasteiger partial charge in [-0.15, -0.1) is 5.10 Å². The molecule has 3 atom stereocenters. The lowest BCUT2D eigenvalue weighted by Gasteiger charge is -2.41. The van der Waals surface area contributed by atoms with Crippen LogP contribution in [0.3, 0.4) is 0 Å². The van der Waals surface area contributed by atoms with Gasteiger partial charge in [0.1, 0.15) is 6.04 Å². The van der Waals surface area contributed by atoms with Crippen molar-refractivity contribution in [2.75, 3.05) is 32.8 Å². The summed E-state index contributed by atoms with van der Waals surface area (Å²) in [6.07, 6.45) is 4.65. The minimum absolute atomic E-state index is 0.0667. The first kappa shape index (κ1) is 21.9. The van der Waals surface area contributed by atoms with Crippen LogP contribution in [-0.4, -0.2) is 79.9 Å². The number of hydrogen-bond acceptors (Lipinski definition) is 7. The van der Waals surface area contributed by atoms with E-state index in [2.05, 4.69) is 56.3 Å². The molecule has 0 bridgehead atoms. The van der Waals surface area contributed by atoms with Crippen LogP contribution in [0.25, 0.3) is 10.9 Å². The molecule has 3 saturated heterocycles. The maximum Gasteiger partial charge on any atom is 0.253 e. The van der Waals surface area contributed by atoms with Crippen LogP contribution < -0.4 is 5.56 Å². The summed E-state index contributed by atoms with van der Waals surface area (Å²) in [6, 6.07) is 6.51. The summed E-state index contributed by atoms with van der Waals surface area (Å²) < 4.78 is 7.74. The number of benzene rings is 1. The molecule has 6 rings (SSSR count). The lowest BCUT2D eigenvalue weighted by atomic mass is 9.98. The van der Waals surface area contributed by atoms with Crippen molar-refractivity contribution in [1.82, 2.24) is 35.0 Å². The van der Waals surface area contributed by atoms with Crippen LogP contribution in [0.1, 0.15) is 54.2 Å². The van der Waals surface area contributed by atoms with Crippen molar-refractivity contribution < 1.29 is 4.74 Å². The lowest BCUT2D eigenvalue weighted by molar-refractivity contribution is 0.0728. The normalized spacial score (nSPS) is 24.6. The average Bonchev–Trinajstić information content (AvgIpc) is 3.57. The van der Waals surface area contributed by atoms with Crippen LogP contribution >= 0.6 is 0 Å². The molecule has 3 aliphatic heterocycles. The molecule has 1 aromatic carbocycles. The second-order valence-electron chi connectivity index (χ2n) is 10.2. The monoisotopic (exact) mass is 463 g/mol. The van der Waals surface area contributed by atoms with Crippen molar-refractivity contribution in [3.05, 3.63) is 51.1 Å². The quantitative estimate of drug-likeness (QED) is 0.620. The lowest BCUT2D eigenvalue weighted by Crippen LogP contribution is -2.52. The van der Waals surface area contributed by atoms with Crippen LogP contribution in [0, 0.1) is 13.8 Å². The van der Waals surface area contributed by atoms with Gasteiger partial charge in [0.25, 0.3) is 5.56 Å². The van der Waals surface area contributed by atoms with Gasteiger partial charge in [0.05, 0.1) is 12.6 Å². The number of piperazine rings is 1. The number of H-pyrrole nitrogens is 1. The number of nitrogens with zero attached hydrogens (tertiary/aromatic N) is 6. The van der Waals surface area contributed by atoms with Crippen molar-refractivity contribution in [2.24, 2.45) is 0 Å². The van der Waals surface area contributed by atoms with Crippen LogP contribution in [0.15, 0.2) is 23.0 Å². The average molecular weight is 464 g/mol. The van der Waals surface area contributed by atoms with E-state index >= 15 is 0 Å². The van der Waals surface area contributed by atoms with E-state index in [1.165, 1.54) is 19.4 Å². The van der Waals surface area contributed by atoms with Gasteiger partial charge in [-0.25, -0.2) is 4.68 Å². The van der Waals surface area contributed by atoms with E-state index in [1.807, 2.05) is 10.7 Å². The van der Waals surface area contributed by atoms with Gasteiger partial charge in [-0.05, 0) is 79.8 Å². The minimum Gasteiger partial charge on any atom is -0.376 e. The number of rotatable bonds is 5. The largest absolute Gasteiger partial charge is 0.376 e. The molecular weight excluding hydrogens is 430 g/mol. The van der Waals surface area contributed by atoms with Crippen molar-refractivity contribution in [3.63, 3.8) is 0 Å². The number of tetrazole rings is 1. The summed E-state index contributed by atoms with van der Waals surface area (Å²) in [7, 11) is 0. The fourth-order valence-electron chi connectivity index (χ4n) is 6.16. The Morgan fingerprint density at radius 1 is 1.15 bits per heavy atom. The first-order valence-corrected chi connectivity index (χ1v) is 12.6. The zero-order valence-corrected chi connectivity index (χ0v) is 20.0. The molecule has 0 saturated carbocycles. The Morgan fingerprint density at radius 2 is 2.06 bits per heavy atom. The standard InChI is InChI=1S/C25H33N7O2/c1-16-11-17(2)20-13-21(25(33)26-22(20)12-16)23(31-9-8-30-7-3-5-18(30)14-31)24-27-28-29-32(24)15-19-6-4-10-34-19/h11-13,18-19,23H,3-10,14-15H2,1-2H3,(H,26,33)/t18-,19-,23+/m1/s1. The molecule has 0 spiro atoms. The third-order valence-corrected chi connectivity index (χ3v) is 7.82. The van der Waals surface area contributed by atoms with Crippen LogP contribution in [-0.2, 0) is 11.3 Å². The third-order valence-electron chi connectivity index (χ3n) is 7.82. The first-order chi connectivity index (χ1) is 16.6. The summed E-state index contributed by atoms with van der Waals surface area (Å²) in [5, 5.41) is 13.9. The predicted molar refractivity (Wildman–Crippen MR) is 129 cm³/mol. The van der Waals surface area contributed by atoms with Gasteiger partial charge in [-0.1, -0.05) is 6.07 Å². The first-order valence-electron chi connectivity index (χ1n) is 12.6. The van der Waals surface area contributed by atoms with Crippen molar-refractivity contribution >= 4 is 10.9 Å². The number of aromatic nitrogens is 5. The van der Waals surface area contributed by atoms with Crippen molar-refractivity contribution in [1.29, 1.82) is 0 Å². The minimum atomic E-state index is -0.298. The second kappa shape index (κ2) is 8.87. The molecule has 0 amide bonds. The molecule has 3 fully saturated rings. The van der Waals surface area contributed by atoms with E-state index in [0.717, 1.165) is 66.9 Å². The topological polar surface area (TPSA) is 92.2 Å². The Labute approximate surface area is 199 Å². The summed E-state index contributed by atoms with van der Waals surface area (Å²) in [5.74, 6) is 0.733. The molecule has 180 valence electrons. The Hall–Kier alpha value is -2.62. The highest BCUT2D eigenvalue weighted by molar-refractivity contribution is 5.83. The summed E-state index contributed by atoms with van der Waals surface area (Å²) in [5.41, 5.74) is 3.83. The van der Waals surface area contributed by atoms with Gasteiger partial charge in [0.2, 0.25) is 0 Å². The Bertz CT molecular complexity index is 1250. The Morgan fingerprint density at radius 3 is 2.91 bits per heavy atom. The number of ether oxygens (including phenoxy) is 1. The summed E-state index contributed by atoms with van der Waals surface area (Å²) >= 11 is 0. The number of aromatic amines is 1. The SMILES string of the molecule is Cc1cc(C)c2cc([C@@H](c3nnnn3C[C@H]3CCCO3)N3CCN4CCC[C@@H]4C3)c(=O)[nH]c2c1. The van der Waals surface area contributed by atoms with E-state index in [0.29, 0.717) is 18.2 Å². The molecule has 34 heavy (non-hydrogen) atoms. The summed E-state index contributed by atoms with van der Waals surface area (Å²) in [4.78, 5) is 21.7. The van der Waals surface area contributed by atoms with Gasteiger partial charge in [-0.3, -0.25) is 14.6 Å². The fraction of sp³-hybridized carbons (Fsp3) is 0.600. The maximum atomic E-state index is 13.5. The number of aryl methyl sites for hydroxylation is 2. The highest BCUT2D eigenvalue weighted by Gasteiger charge is 2.38. The summed E-state index contributed by atoms with van der Waals surface area (Å²) in [6.45, 7) is 9.56. The van der Waals surface area contributed by atoms with Gasteiger partial charge in [-0.2, -0.15) is 0 Å². The number of fused-ring (bicyclic) bond motifs is 2. The van der Waals surface area contributed by atoms with Crippen molar-refractivity contribution in [3.8, 4) is 0 Å². The van der Waals surface area contributed by atoms with Crippen LogP contribution in [0.4, 0.5) is 0 Å². The van der Waals surface area contributed by atoms with Gasteiger partial charge in [0.15, 0.2) is 5.82 Å². The zero-order valence-electron chi connectivity index (χ0n) is 20.0. The van der Waals surface area contributed by atoms with E-state index in [1.54, 1.807) is 0 Å². The second-order valence-corrected chi connectivity index (χ2v) is 10.2. The number of pyridine rings is 1. The van der Waals surface area contributed by atoms with Gasteiger partial charge in [0, 0.05) is 48.7 Å². The Kier molecular flexibility index (Phi) is 5.71. The number of hydrogen-bond donors (Lipinski definition) is 1. The number of nitrogens with one attached hydrogen (secondary N) is 1. The van der Waals surface area contributed by atoms with E-state index in [4.69, 9.17) is 4.74 Å². The third kappa shape index (κ3) is 3.95. The molecule has 1 N–H and O–H groups in total. The van der Waals surface area contributed by atoms with E-state index in [9.17, 15) is 4.79 Å². The molecule has 9 heteroatoms. The van der Waals surface area contributed by atoms with Crippen LogP contribution in [0.5, 0.6) is 0 Å². The van der Waals surface area contributed by atoms with Crippen LogP contribution in [0.2, 0.25) is 0 Å². The van der Waals surface area contributed by atoms with Gasteiger partial charge >= 0.3 is 0 Å². The molecule has 9 nitrogen and oxygen atoms in total. The molecule has 2 aromatic heterocycles. The smallest absolute Gasteiger partial charge is 0.253 e. The molecule has 5 heterocycles.